The quantitative estimate of drug-likeness (QED) is 0.169. The molecule has 0 fully saturated rings. The molecule has 9 heteroatoms. The molecule has 0 heterocycles. The van der Waals surface area contributed by atoms with Gasteiger partial charge < -0.3 is 10.2 Å². The van der Waals surface area contributed by atoms with Gasteiger partial charge in [0.1, 0.15) is 18.4 Å². The fourth-order valence-corrected chi connectivity index (χ4v) is 6.34. The third-order valence-electron chi connectivity index (χ3n) is 7.58. The Hall–Kier alpha value is -4.50. The lowest BCUT2D eigenvalue weighted by Crippen LogP contribution is -2.53. The summed E-state index contributed by atoms with van der Waals surface area (Å²) < 4.78 is 42.8. The van der Waals surface area contributed by atoms with Gasteiger partial charge >= 0.3 is 0 Å². The number of amides is 2. The number of sulfonamides is 1. The zero-order valence-corrected chi connectivity index (χ0v) is 26.8. The fourth-order valence-electron chi connectivity index (χ4n) is 4.92. The van der Waals surface area contributed by atoms with Crippen LogP contribution in [0.25, 0.3) is 0 Å². The van der Waals surface area contributed by atoms with E-state index in [-0.39, 0.29) is 29.5 Å². The van der Waals surface area contributed by atoms with E-state index in [2.05, 4.69) is 5.32 Å². The number of rotatable bonds is 14. The van der Waals surface area contributed by atoms with Crippen LogP contribution in [0.5, 0.6) is 0 Å². The van der Waals surface area contributed by atoms with Crippen molar-refractivity contribution in [2.45, 2.75) is 57.5 Å². The van der Waals surface area contributed by atoms with Gasteiger partial charge in [-0.3, -0.25) is 13.9 Å². The molecule has 4 aromatic carbocycles. The second kappa shape index (κ2) is 15.5. The predicted octanol–water partition coefficient (Wildman–Crippen LogP) is 6.19. The zero-order valence-electron chi connectivity index (χ0n) is 25.9. The molecule has 7 nitrogen and oxygen atoms in total. The van der Waals surface area contributed by atoms with Crippen molar-refractivity contribution in [3.05, 3.63) is 131 Å². The van der Waals surface area contributed by atoms with Crippen LogP contribution in [0.1, 0.15) is 42.0 Å². The number of anilines is 1. The summed E-state index contributed by atoms with van der Waals surface area (Å²) in [6.07, 6.45) is 1.92. The van der Waals surface area contributed by atoms with Crippen LogP contribution in [0.2, 0.25) is 0 Å². The van der Waals surface area contributed by atoms with Gasteiger partial charge in [-0.1, -0.05) is 91.2 Å². The molecule has 1 atom stereocenters. The predicted molar refractivity (Wildman–Crippen MR) is 176 cm³/mol. The summed E-state index contributed by atoms with van der Waals surface area (Å²) in [7, 11) is -4.29. The molecule has 0 aliphatic rings. The van der Waals surface area contributed by atoms with Crippen molar-refractivity contribution in [1.29, 1.82) is 0 Å². The van der Waals surface area contributed by atoms with Crippen LogP contribution in [-0.4, -0.2) is 44.3 Å². The van der Waals surface area contributed by atoms with Gasteiger partial charge in [-0.05, 0) is 67.8 Å². The number of nitrogens with zero attached hydrogens (tertiary/aromatic N) is 2. The number of hydrogen-bond donors (Lipinski definition) is 1. The van der Waals surface area contributed by atoms with Crippen LogP contribution in [0.15, 0.2) is 108 Å². The standard InChI is InChI=1S/C36H40FN3O4S/c1-4-5-23-38-36(42)34(24-29-9-7-6-8-10-29)39(25-30-15-11-27(2)12-16-30)35(41)26-40(32-19-13-28(3)14-20-32)45(43,44)33-21-17-31(37)18-22-33/h6-22,34H,4-5,23-26H2,1-3H3,(H,38,42)/t34-/m1/s1. The molecule has 0 aromatic heterocycles. The average molecular weight is 630 g/mol. The van der Waals surface area contributed by atoms with Gasteiger partial charge in [0.2, 0.25) is 11.8 Å². The molecule has 45 heavy (non-hydrogen) atoms. The lowest BCUT2D eigenvalue weighted by Gasteiger charge is -2.34. The molecule has 0 aliphatic carbocycles. The number of halogens is 1. The molecule has 236 valence electrons. The Balaban J connectivity index is 1.78. The minimum absolute atomic E-state index is 0.0934. The lowest BCUT2D eigenvalue weighted by molar-refractivity contribution is -0.140. The molecule has 0 bridgehead atoms. The van der Waals surface area contributed by atoms with Crippen LogP contribution in [0.4, 0.5) is 10.1 Å². The first-order valence-corrected chi connectivity index (χ1v) is 16.5. The third-order valence-corrected chi connectivity index (χ3v) is 9.36. The highest BCUT2D eigenvalue weighted by Crippen LogP contribution is 2.26. The van der Waals surface area contributed by atoms with Crippen molar-refractivity contribution < 1.29 is 22.4 Å². The minimum atomic E-state index is -4.29. The summed E-state index contributed by atoms with van der Waals surface area (Å²) in [5, 5.41) is 2.99. The summed E-state index contributed by atoms with van der Waals surface area (Å²) in [6.45, 7) is 5.86. The fraction of sp³-hybridized carbons (Fsp3) is 0.278. The molecular weight excluding hydrogens is 589 g/mol. The number of nitrogens with one attached hydrogen (secondary N) is 1. The van der Waals surface area contributed by atoms with E-state index in [0.29, 0.717) is 6.54 Å². The monoisotopic (exact) mass is 629 g/mol. The lowest BCUT2D eigenvalue weighted by atomic mass is 10.0. The maximum Gasteiger partial charge on any atom is 0.264 e. The molecule has 2 amide bonds. The molecule has 0 saturated heterocycles. The Morgan fingerprint density at radius 3 is 2.00 bits per heavy atom. The Kier molecular flexibility index (Phi) is 11.5. The third kappa shape index (κ3) is 9.01. The van der Waals surface area contributed by atoms with E-state index >= 15 is 0 Å². The molecule has 0 unspecified atom stereocenters. The smallest absolute Gasteiger partial charge is 0.264 e. The minimum Gasteiger partial charge on any atom is -0.354 e. The summed E-state index contributed by atoms with van der Waals surface area (Å²) >= 11 is 0. The summed E-state index contributed by atoms with van der Waals surface area (Å²) in [6, 6.07) is 27.5. The number of carbonyl (C=O) groups excluding carboxylic acids is 2. The van der Waals surface area contributed by atoms with Gasteiger partial charge in [0, 0.05) is 19.5 Å². The molecule has 0 spiro atoms. The van der Waals surface area contributed by atoms with Gasteiger partial charge in [-0.2, -0.15) is 0 Å². The number of unbranched alkanes of at least 4 members (excludes halogenated alkanes) is 1. The topological polar surface area (TPSA) is 86.8 Å². The molecule has 0 radical (unpaired) electrons. The molecule has 0 saturated carbocycles. The van der Waals surface area contributed by atoms with Crippen LogP contribution >= 0.6 is 0 Å². The zero-order chi connectivity index (χ0) is 32.4. The molecule has 4 aromatic rings. The van der Waals surface area contributed by atoms with Crippen molar-refractivity contribution in [3.8, 4) is 0 Å². The average Bonchev–Trinajstić information content (AvgIpc) is 3.03. The van der Waals surface area contributed by atoms with E-state index < -0.39 is 34.3 Å². The van der Waals surface area contributed by atoms with Crippen molar-refractivity contribution in [3.63, 3.8) is 0 Å². The first-order chi connectivity index (χ1) is 21.6. The van der Waals surface area contributed by atoms with E-state index in [1.54, 1.807) is 24.3 Å². The summed E-state index contributed by atoms with van der Waals surface area (Å²) in [5.41, 5.74) is 3.91. The van der Waals surface area contributed by atoms with E-state index in [0.717, 1.165) is 51.5 Å². The highest BCUT2D eigenvalue weighted by Gasteiger charge is 2.34. The molecule has 4 rings (SSSR count). The number of aryl methyl sites for hydroxylation is 2. The first kappa shape index (κ1) is 33.4. The van der Waals surface area contributed by atoms with Gasteiger partial charge in [0.05, 0.1) is 10.6 Å². The van der Waals surface area contributed by atoms with Crippen LogP contribution in [0, 0.1) is 19.7 Å². The molecular formula is C36H40FN3O4S. The van der Waals surface area contributed by atoms with Gasteiger partial charge in [0.25, 0.3) is 10.0 Å². The van der Waals surface area contributed by atoms with Crippen molar-refractivity contribution in [1.82, 2.24) is 10.2 Å². The van der Waals surface area contributed by atoms with Crippen LogP contribution in [0.3, 0.4) is 0 Å². The van der Waals surface area contributed by atoms with E-state index in [4.69, 9.17) is 0 Å². The Morgan fingerprint density at radius 2 is 1.40 bits per heavy atom. The number of benzene rings is 4. The van der Waals surface area contributed by atoms with Crippen molar-refractivity contribution in [2.75, 3.05) is 17.4 Å². The van der Waals surface area contributed by atoms with Gasteiger partial charge in [-0.15, -0.1) is 0 Å². The van der Waals surface area contributed by atoms with E-state index in [9.17, 15) is 22.4 Å². The maximum atomic E-state index is 14.4. The van der Waals surface area contributed by atoms with E-state index in [1.165, 1.54) is 17.0 Å². The Bertz CT molecular complexity index is 1660. The normalized spacial score (nSPS) is 11.9. The Labute approximate surface area is 265 Å². The summed E-state index contributed by atoms with van der Waals surface area (Å²) in [5.74, 6) is -1.43. The second-order valence-corrected chi connectivity index (χ2v) is 13.0. The van der Waals surface area contributed by atoms with Crippen molar-refractivity contribution >= 4 is 27.5 Å². The second-order valence-electron chi connectivity index (χ2n) is 11.2. The molecule has 1 N–H and O–H groups in total. The van der Waals surface area contributed by atoms with Crippen LogP contribution < -0.4 is 9.62 Å². The summed E-state index contributed by atoms with van der Waals surface area (Å²) in [4.78, 5) is 29.5. The SMILES string of the molecule is CCCCNC(=O)[C@@H](Cc1ccccc1)N(Cc1ccc(C)cc1)C(=O)CN(c1ccc(C)cc1)S(=O)(=O)c1ccc(F)cc1. The highest BCUT2D eigenvalue weighted by atomic mass is 32.2. The highest BCUT2D eigenvalue weighted by molar-refractivity contribution is 7.92. The van der Waals surface area contributed by atoms with Gasteiger partial charge in [-0.25, -0.2) is 12.8 Å². The number of carbonyl (C=O) groups is 2. The largest absolute Gasteiger partial charge is 0.354 e. The van der Waals surface area contributed by atoms with E-state index in [1.807, 2.05) is 75.4 Å². The maximum absolute atomic E-state index is 14.4. The van der Waals surface area contributed by atoms with Crippen molar-refractivity contribution in [2.24, 2.45) is 0 Å². The molecule has 0 aliphatic heterocycles. The van der Waals surface area contributed by atoms with Crippen LogP contribution in [-0.2, 0) is 32.6 Å². The number of hydrogen-bond acceptors (Lipinski definition) is 4. The Morgan fingerprint density at radius 1 is 0.800 bits per heavy atom. The van der Waals surface area contributed by atoms with Gasteiger partial charge in [0.15, 0.2) is 0 Å². The first-order valence-electron chi connectivity index (χ1n) is 15.1.